The number of hydrogen-bond donors (Lipinski definition) is 0. The molecule has 0 aliphatic rings. The van der Waals surface area contributed by atoms with E-state index < -0.39 is 0 Å². The molecule has 0 unspecified atom stereocenters. The van der Waals surface area contributed by atoms with Crippen LogP contribution in [0.1, 0.15) is 2.85 Å². The quantitative estimate of drug-likeness (QED) is 0.488. The van der Waals surface area contributed by atoms with Crippen molar-refractivity contribution in [2.45, 2.75) is 0 Å². The Morgan fingerprint density at radius 3 is 1.50 bits per heavy atom. The molecule has 0 aromatic rings. The van der Waals surface area contributed by atoms with Crippen LogP contribution in [0.2, 0.25) is 0 Å². The summed E-state index contributed by atoms with van der Waals surface area (Å²) in [5, 5.41) is 0. The maximum absolute atomic E-state index is 8.26. The average Bonchev–Trinajstić information content (AvgIpc) is 1.00. The second-order valence-corrected chi connectivity index (χ2v) is 0. The molecule has 0 atom stereocenters. The molecule has 0 aromatic carbocycles. The average molecular weight is 197 g/mol. The number of hydrogen-bond acceptors (Lipinski definition) is 1. The Bertz CT molecular complexity index is 13.5. The summed E-state index contributed by atoms with van der Waals surface area (Å²) in [7, 11) is 0. The van der Waals surface area contributed by atoms with Gasteiger partial charge >= 0.3 is 46.2 Å². The molecule has 0 bridgehead atoms. The van der Waals surface area contributed by atoms with Crippen LogP contribution in [0.15, 0.2) is 0 Å². The Labute approximate surface area is 65.4 Å². The zero-order chi connectivity index (χ0) is 2.00. The van der Waals surface area contributed by atoms with Crippen LogP contribution in [0.25, 0.3) is 0 Å². The van der Waals surface area contributed by atoms with E-state index in [9.17, 15) is 0 Å². The first-order chi connectivity index (χ1) is 1.00. The van der Waals surface area contributed by atoms with Crippen molar-refractivity contribution in [3.8, 4) is 0 Å². The van der Waals surface area contributed by atoms with Crippen molar-refractivity contribution in [1.29, 1.82) is 0 Å². The third-order valence-electron chi connectivity index (χ3n) is 0. The molecule has 0 N–H and O–H groups in total. The topological polar surface area (TPSA) is 17.1 Å². The Hall–Kier alpha value is 1.76. The molecular weight excluding hydrogens is 195 g/mol. The fourth-order valence-corrected chi connectivity index (χ4v) is 0. The molecule has 0 rings (SSSR count). The van der Waals surface area contributed by atoms with Gasteiger partial charge in [-0.15, -0.1) is 0 Å². The van der Waals surface area contributed by atoms with Crippen molar-refractivity contribution in [2.75, 3.05) is 0 Å². The molecule has 0 heterocycles. The van der Waals surface area contributed by atoms with E-state index in [1.165, 1.54) is 0 Å². The number of rotatable bonds is 0. The van der Waals surface area contributed by atoms with Gasteiger partial charge in [-0.1, -0.05) is 0 Å². The van der Waals surface area contributed by atoms with E-state index in [1.807, 2.05) is 0 Å². The minimum atomic E-state index is 0. The molecule has 25 valence electrons. The molecule has 1 nitrogen and oxygen atoms in total. The zero-order valence-electron chi connectivity index (χ0n) is 3.86. The van der Waals surface area contributed by atoms with Gasteiger partial charge in [0.1, 0.15) is 0 Å². The van der Waals surface area contributed by atoms with Crippen molar-refractivity contribution < 1.29 is 42.8 Å². The minimum absolute atomic E-state index is 0. The summed E-state index contributed by atoms with van der Waals surface area (Å²) >= 11 is 0.700. The Balaban J connectivity index is -0.000000000833. The van der Waals surface area contributed by atoms with Gasteiger partial charge in [0.2, 0.25) is 0 Å². The molecule has 0 aliphatic carbocycles. The molecule has 0 saturated heterocycles. The molecular formula is H2CoMgMoO. The first kappa shape index (κ1) is 17.1. The third kappa shape index (κ3) is 9.25. The molecule has 4 heteroatoms. The van der Waals surface area contributed by atoms with Crippen LogP contribution in [-0.4, -0.2) is 23.1 Å². The molecule has 4 heavy (non-hydrogen) atoms. The van der Waals surface area contributed by atoms with Crippen molar-refractivity contribution in [3.05, 3.63) is 0 Å². The summed E-state index contributed by atoms with van der Waals surface area (Å²) in [6, 6.07) is 0. The first-order valence-electron chi connectivity index (χ1n) is 0.167. The summed E-state index contributed by atoms with van der Waals surface area (Å²) in [5.41, 5.74) is 0. The van der Waals surface area contributed by atoms with Gasteiger partial charge < -0.3 is 2.85 Å². The van der Waals surface area contributed by atoms with E-state index in [0.717, 1.165) is 0 Å². The van der Waals surface area contributed by atoms with E-state index in [2.05, 4.69) is 0 Å². The van der Waals surface area contributed by atoms with E-state index in [-0.39, 0.29) is 42.7 Å². The van der Waals surface area contributed by atoms with Gasteiger partial charge in [-0.3, -0.25) is 0 Å². The SMILES string of the molecule is [Co].[H-].[H-].[Mg+2].[O]=[Mo]. The Morgan fingerprint density at radius 2 is 1.50 bits per heavy atom. The van der Waals surface area contributed by atoms with Crippen LogP contribution in [0, 0.1) is 0 Å². The predicted molar refractivity (Wildman–Crippen MR) is 8.66 cm³/mol. The van der Waals surface area contributed by atoms with Gasteiger partial charge in [-0.2, -0.15) is 0 Å². The standard InChI is InChI=1S/Co.Mg.Mo.O.2H/q;+2;;;2*-1. The van der Waals surface area contributed by atoms with Gasteiger partial charge in [0, 0.05) is 16.8 Å². The van der Waals surface area contributed by atoms with Gasteiger partial charge in [0.25, 0.3) is 0 Å². The third-order valence-corrected chi connectivity index (χ3v) is 0. The zero-order valence-corrected chi connectivity index (χ0v) is 6.32. The molecule has 0 aliphatic heterocycles. The van der Waals surface area contributed by atoms with Gasteiger partial charge in [-0.25, -0.2) is 0 Å². The fraction of sp³-hybridized carbons (Fsp3) is 0. The van der Waals surface area contributed by atoms with Crippen LogP contribution < -0.4 is 0 Å². The fourth-order valence-electron chi connectivity index (χ4n) is 0. The molecule has 0 saturated carbocycles. The Kier molecular flexibility index (Phi) is 93.0. The summed E-state index contributed by atoms with van der Waals surface area (Å²) < 4.78 is 8.26. The van der Waals surface area contributed by atoms with Gasteiger partial charge in [0.05, 0.1) is 0 Å². The van der Waals surface area contributed by atoms with Crippen LogP contribution in [0.5, 0.6) is 0 Å². The summed E-state index contributed by atoms with van der Waals surface area (Å²) in [5.74, 6) is 0. The molecule has 0 amide bonds. The van der Waals surface area contributed by atoms with E-state index in [0.29, 0.717) is 19.8 Å². The van der Waals surface area contributed by atoms with Gasteiger partial charge in [-0.05, 0) is 0 Å². The van der Waals surface area contributed by atoms with Crippen LogP contribution in [0.3, 0.4) is 0 Å². The van der Waals surface area contributed by atoms with Gasteiger partial charge in [0.15, 0.2) is 0 Å². The second kappa shape index (κ2) is 21.7. The van der Waals surface area contributed by atoms with Crippen molar-refractivity contribution in [1.82, 2.24) is 0 Å². The molecule has 0 fully saturated rings. The first-order valence-corrected chi connectivity index (χ1v) is 0.986. The summed E-state index contributed by atoms with van der Waals surface area (Å²) in [6.45, 7) is 0. The van der Waals surface area contributed by atoms with Crippen LogP contribution in [0.4, 0.5) is 0 Å². The normalized spacial score (nSPS) is 1.00. The summed E-state index contributed by atoms with van der Waals surface area (Å²) in [4.78, 5) is 0. The second-order valence-electron chi connectivity index (χ2n) is 0. The van der Waals surface area contributed by atoms with Crippen LogP contribution >= 0.6 is 0 Å². The van der Waals surface area contributed by atoms with E-state index >= 15 is 0 Å². The molecule has 0 aromatic heterocycles. The van der Waals surface area contributed by atoms with Crippen molar-refractivity contribution >= 4 is 23.1 Å². The van der Waals surface area contributed by atoms with Crippen LogP contribution in [-0.2, 0) is 40.0 Å². The van der Waals surface area contributed by atoms with Crippen molar-refractivity contribution in [3.63, 3.8) is 0 Å². The molecule has 1 radical (unpaired) electrons. The maximum atomic E-state index is 8.26. The Morgan fingerprint density at radius 1 is 1.50 bits per heavy atom. The predicted octanol–water partition coefficient (Wildman–Crippen LogP) is -0.280. The van der Waals surface area contributed by atoms with Crippen molar-refractivity contribution in [2.24, 2.45) is 0 Å². The van der Waals surface area contributed by atoms with E-state index in [4.69, 9.17) is 3.40 Å². The monoisotopic (exact) mass is 199 g/mol. The summed E-state index contributed by atoms with van der Waals surface area (Å²) in [6.07, 6.45) is 0. The van der Waals surface area contributed by atoms with E-state index in [1.54, 1.807) is 0 Å². The molecule has 0 spiro atoms.